The third-order valence-corrected chi connectivity index (χ3v) is 2.35. The van der Waals surface area contributed by atoms with Gasteiger partial charge in [-0.1, -0.05) is 30.3 Å². The summed E-state index contributed by atoms with van der Waals surface area (Å²) in [6, 6.07) is 10.2. The van der Waals surface area contributed by atoms with E-state index in [0.717, 1.165) is 13.1 Å². The van der Waals surface area contributed by atoms with Gasteiger partial charge < -0.3 is 19.5 Å². The Bertz CT molecular complexity index is 343. The summed E-state index contributed by atoms with van der Waals surface area (Å²) in [4.78, 5) is 10.9. The number of hydrogen-bond acceptors (Lipinski definition) is 5. The zero-order valence-corrected chi connectivity index (χ0v) is 11.3. The molecule has 0 amide bonds. The summed E-state index contributed by atoms with van der Waals surface area (Å²) in [5.74, 6) is -0.367. The summed E-state index contributed by atoms with van der Waals surface area (Å²) in [6.07, 6.45) is 0. The molecular weight excluding hydrogens is 246 g/mol. The molecule has 0 unspecified atom stereocenters. The molecule has 0 saturated carbocycles. The maximum absolute atomic E-state index is 10.9. The summed E-state index contributed by atoms with van der Waals surface area (Å²) in [6.45, 7) is 2.84. The number of nitrogens with one attached hydrogen (secondary N) is 1. The van der Waals surface area contributed by atoms with E-state index in [-0.39, 0.29) is 19.2 Å². The van der Waals surface area contributed by atoms with Gasteiger partial charge >= 0.3 is 5.97 Å². The number of carbonyl (C=O) groups excluding carboxylic acids is 1. The van der Waals surface area contributed by atoms with Crippen molar-refractivity contribution in [1.29, 1.82) is 0 Å². The number of hydrogen-bond donors (Lipinski definition) is 1. The first kappa shape index (κ1) is 15.6. The molecule has 0 aromatic heterocycles. The van der Waals surface area contributed by atoms with Gasteiger partial charge in [-0.05, 0) is 5.56 Å². The lowest BCUT2D eigenvalue weighted by molar-refractivity contribution is -0.149. The molecule has 5 nitrogen and oxygen atoms in total. The van der Waals surface area contributed by atoms with Crippen LogP contribution in [0.2, 0.25) is 0 Å². The summed E-state index contributed by atoms with van der Waals surface area (Å²) in [5.41, 5.74) is 1.25. The standard InChI is InChI=1S/C14H21NO4/c1-17-12-14(16)19-10-9-18-8-7-15-11-13-5-3-2-4-6-13/h2-6,15H,7-12H2,1H3. The maximum atomic E-state index is 10.9. The molecule has 0 fully saturated rings. The third-order valence-electron chi connectivity index (χ3n) is 2.35. The molecule has 5 heteroatoms. The van der Waals surface area contributed by atoms with Crippen LogP contribution in [0.3, 0.4) is 0 Å². The quantitative estimate of drug-likeness (QED) is 0.506. The normalized spacial score (nSPS) is 10.4. The highest BCUT2D eigenvalue weighted by Gasteiger charge is 2.00. The number of carbonyl (C=O) groups is 1. The molecule has 1 aromatic rings. The van der Waals surface area contributed by atoms with Crippen molar-refractivity contribution in [2.24, 2.45) is 0 Å². The van der Waals surface area contributed by atoms with Gasteiger partial charge in [-0.25, -0.2) is 4.79 Å². The van der Waals surface area contributed by atoms with E-state index in [0.29, 0.717) is 13.2 Å². The Morgan fingerprint density at radius 3 is 2.68 bits per heavy atom. The first-order chi connectivity index (χ1) is 9.33. The van der Waals surface area contributed by atoms with Crippen LogP contribution in [0.4, 0.5) is 0 Å². The van der Waals surface area contributed by atoms with E-state index in [1.807, 2.05) is 18.2 Å². The summed E-state index contributed by atoms with van der Waals surface area (Å²) < 4.78 is 14.8. The van der Waals surface area contributed by atoms with Gasteiger partial charge in [0.25, 0.3) is 0 Å². The predicted molar refractivity (Wildman–Crippen MR) is 71.8 cm³/mol. The molecule has 1 N–H and O–H groups in total. The second-order valence-corrected chi connectivity index (χ2v) is 3.93. The van der Waals surface area contributed by atoms with Crippen molar-refractivity contribution in [2.45, 2.75) is 6.54 Å². The fourth-order valence-electron chi connectivity index (χ4n) is 1.45. The highest BCUT2D eigenvalue weighted by molar-refractivity contribution is 5.70. The van der Waals surface area contributed by atoms with Crippen molar-refractivity contribution in [3.8, 4) is 0 Å². The van der Waals surface area contributed by atoms with Crippen LogP contribution in [-0.2, 0) is 25.5 Å². The molecule has 106 valence electrons. The molecule has 19 heavy (non-hydrogen) atoms. The molecule has 0 saturated heterocycles. The summed E-state index contributed by atoms with van der Waals surface area (Å²) >= 11 is 0. The molecule has 0 spiro atoms. The lowest BCUT2D eigenvalue weighted by Crippen LogP contribution is -2.21. The van der Waals surface area contributed by atoms with Gasteiger partial charge in [0, 0.05) is 20.2 Å². The van der Waals surface area contributed by atoms with Crippen LogP contribution < -0.4 is 5.32 Å². The van der Waals surface area contributed by atoms with Crippen LogP contribution in [0.25, 0.3) is 0 Å². The van der Waals surface area contributed by atoms with E-state index >= 15 is 0 Å². The monoisotopic (exact) mass is 267 g/mol. The van der Waals surface area contributed by atoms with Crippen LogP contribution in [0.1, 0.15) is 5.56 Å². The molecule has 0 aliphatic carbocycles. The second kappa shape index (κ2) is 10.5. The number of esters is 1. The van der Waals surface area contributed by atoms with Gasteiger partial charge in [0.05, 0.1) is 13.2 Å². The molecule has 0 atom stereocenters. The average Bonchev–Trinajstić information content (AvgIpc) is 2.43. The second-order valence-electron chi connectivity index (χ2n) is 3.93. The lowest BCUT2D eigenvalue weighted by Gasteiger charge is -2.07. The molecule has 0 aliphatic heterocycles. The first-order valence-corrected chi connectivity index (χ1v) is 6.30. The summed E-state index contributed by atoms with van der Waals surface area (Å²) in [7, 11) is 1.45. The zero-order valence-electron chi connectivity index (χ0n) is 11.3. The van der Waals surface area contributed by atoms with Crippen molar-refractivity contribution >= 4 is 5.97 Å². The number of rotatable bonds is 10. The predicted octanol–water partition coefficient (Wildman–Crippen LogP) is 0.982. The Labute approximate surface area is 113 Å². The fourth-order valence-corrected chi connectivity index (χ4v) is 1.45. The van der Waals surface area contributed by atoms with E-state index in [9.17, 15) is 4.79 Å². The Morgan fingerprint density at radius 2 is 1.95 bits per heavy atom. The molecule has 0 aliphatic rings. The Balaban J connectivity index is 1.88. The van der Waals surface area contributed by atoms with Crippen LogP contribution in [0, 0.1) is 0 Å². The van der Waals surface area contributed by atoms with Crippen molar-refractivity contribution in [2.75, 3.05) is 40.1 Å². The maximum Gasteiger partial charge on any atom is 0.332 e. The topological polar surface area (TPSA) is 56.8 Å². The van der Waals surface area contributed by atoms with Gasteiger partial charge in [-0.2, -0.15) is 0 Å². The highest BCUT2D eigenvalue weighted by Crippen LogP contribution is 1.96. The Morgan fingerprint density at radius 1 is 1.16 bits per heavy atom. The molecule has 0 bridgehead atoms. The first-order valence-electron chi connectivity index (χ1n) is 6.30. The molecule has 0 heterocycles. The van der Waals surface area contributed by atoms with Gasteiger partial charge in [-0.15, -0.1) is 0 Å². The van der Waals surface area contributed by atoms with Gasteiger partial charge in [0.2, 0.25) is 0 Å². The molecule has 0 radical (unpaired) electrons. The zero-order chi connectivity index (χ0) is 13.8. The minimum Gasteiger partial charge on any atom is -0.462 e. The average molecular weight is 267 g/mol. The van der Waals surface area contributed by atoms with Crippen LogP contribution in [0.5, 0.6) is 0 Å². The van der Waals surface area contributed by atoms with Crippen molar-refractivity contribution in [3.05, 3.63) is 35.9 Å². The van der Waals surface area contributed by atoms with E-state index in [2.05, 4.69) is 22.2 Å². The largest absolute Gasteiger partial charge is 0.462 e. The van der Waals surface area contributed by atoms with Crippen molar-refractivity contribution < 1.29 is 19.0 Å². The minimum absolute atomic E-state index is 0.0152. The fraction of sp³-hybridized carbons (Fsp3) is 0.500. The molecule has 1 aromatic carbocycles. The van der Waals surface area contributed by atoms with Gasteiger partial charge in [0.15, 0.2) is 0 Å². The van der Waals surface area contributed by atoms with E-state index in [1.54, 1.807) is 0 Å². The van der Waals surface area contributed by atoms with Crippen LogP contribution in [0.15, 0.2) is 30.3 Å². The summed E-state index contributed by atoms with van der Waals surface area (Å²) in [5, 5.41) is 3.27. The van der Waals surface area contributed by atoms with E-state index in [1.165, 1.54) is 12.7 Å². The van der Waals surface area contributed by atoms with Crippen LogP contribution in [-0.4, -0.2) is 46.1 Å². The van der Waals surface area contributed by atoms with Gasteiger partial charge in [-0.3, -0.25) is 0 Å². The molecular formula is C14H21NO4. The van der Waals surface area contributed by atoms with E-state index < -0.39 is 0 Å². The van der Waals surface area contributed by atoms with Crippen molar-refractivity contribution in [1.82, 2.24) is 5.32 Å². The number of methoxy groups -OCH3 is 1. The lowest BCUT2D eigenvalue weighted by atomic mass is 10.2. The Kier molecular flexibility index (Phi) is 8.63. The highest BCUT2D eigenvalue weighted by atomic mass is 16.6. The smallest absolute Gasteiger partial charge is 0.332 e. The minimum atomic E-state index is -0.367. The Hall–Kier alpha value is -1.43. The number of benzene rings is 1. The van der Waals surface area contributed by atoms with Crippen LogP contribution >= 0.6 is 0 Å². The number of ether oxygens (including phenoxy) is 3. The van der Waals surface area contributed by atoms with E-state index in [4.69, 9.17) is 9.47 Å². The van der Waals surface area contributed by atoms with Crippen molar-refractivity contribution in [3.63, 3.8) is 0 Å². The third kappa shape index (κ3) is 8.31. The SMILES string of the molecule is COCC(=O)OCCOCCNCc1ccccc1. The molecule has 1 rings (SSSR count). The van der Waals surface area contributed by atoms with Gasteiger partial charge in [0.1, 0.15) is 13.2 Å².